The fourth-order valence-electron chi connectivity index (χ4n) is 1.98. The van der Waals surface area contributed by atoms with E-state index in [1.807, 2.05) is 53.2 Å². The summed E-state index contributed by atoms with van der Waals surface area (Å²) in [6.07, 6.45) is 3.91. The summed E-state index contributed by atoms with van der Waals surface area (Å²) in [4.78, 5) is 4.58. The van der Waals surface area contributed by atoms with E-state index in [4.69, 9.17) is 10.5 Å². The second kappa shape index (κ2) is 4.07. The normalized spacial score (nSPS) is 10.7. The lowest BCUT2D eigenvalue weighted by Crippen LogP contribution is -1.88. The Balaban J connectivity index is 2.19. The van der Waals surface area contributed by atoms with Gasteiger partial charge in [-0.05, 0) is 24.3 Å². The van der Waals surface area contributed by atoms with Gasteiger partial charge in [0, 0.05) is 23.6 Å². The minimum Gasteiger partial charge on any atom is -0.493 e. The van der Waals surface area contributed by atoms with Gasteiger partial charge < -0.3 is 14.9 Å². The fourth-order valence-corrected chi connectivity index (χ4v) is 1.98. The minimum absolute atomic E-state index is 0.733. The van der Waals surface area contributed by atoms with Gasteiger partial charge in [-0.3, -0.25) is 0 Å². The van der Waals surface area contributed by atoms with Crippen LogP contribution in [0.2, 0.25) is 0 Å². The van der Waals surface area contributed by atoms with Gasteiger partial charge in [0.05, 0.1) is 12.8 Å². The molecule has 0 radical (unpaired) electrons. The predicted molar refractivity (Wildman–Crippen MR) is 71.6 cm³/mol. The van der Waals surface area contributed by atoms with Crippen LogP contribution < -0.4 is 10.5 Å². The van der Waals surface area contributed by atoms with Crippen LogP contribution in [0, 0.1) is 0 Å². The monoisotopic (exact) mass is 239 g/mol. The largest absolute Gasteiger partial charge is 0.493 e. The highest BCUT2D eigenvalue weighted by atomic mass is 16.5. The van der Waals surface area contributed by atoms with Crippen molar-refractivity contribution in [2.45, 2.75) is 0 Å². The quantitative estimate of drug-likeness (QED) is 0.699. The number of benzene rings is 1. The maximum atomic E-state index is 5.79. The van der Waals surface area contributed by atoms with Gasteiger partial charge in [-0.2, -0.15) is 0 Å². The second-order valence-electron chi connectivity index (χ2n) is 4.06. The highest BCUT2D eigenvalue weighted by Crippen LogP contribution is 2.25. The molecule has 0 saturated heterocycles. The zero-order chi connectivity index (χ0) is 12.5. The van der Waals surface area contributed by atoms with E-state index in [9.17, 15) is 0 Å². The molecule has 0 fully saturated rings. The van der Waals surface area contributed by atoms with Crippen molar-refractivity contribution in [3.8, 4) is 17.0 Å². The third kappa shape index (κ3) is 1.68. The van der Waals surface area contributed by atoms with Crippen molar-refractivity contribution < 1.29 is 4.74 Å². The number of methoxy groups -OCH3 is 1. The van der Waals surface area contributed by atoms with Crippen LogP contribution in [0.3, 0.4) is 0 Å². The van der Waals surface area contributed by atoms with Gasteiger partial charge in [-0.25, -0.2) is 4.98 Å². The molecule has 0 unspecified atom stereocenters. The zero-order valence-electron chi connectivity index (χ0n) is 10.00. The van der Waals surface area contributed by atoms with Gasteiger partial charge in [0.2, 0.25) is 0 Å². The molecule has 3 aromatic rings. The standard InChI is InChI=1S/C14H13N3O/c1-18-13-6-3-7-17-9-12(16-14(13)17)10-4-2-5-11(15)8-10/h2-9H,15H2,1H3. The van der Waals surface area contributed by atoms with Gasteiger partial charge in [0.25, 0.3) is 0 Å². The van der Waals surface area contributed by atoms with Crippen LogP contribution >= 0.6 is 0 Å². The SMILES string of the molecule is COc1cccn2cc(-c3cccc(N)c3)nc12. The van der Waals surface area contributed by atoms with Crippen molar-refractivity contribution in [2.24, 2.45) is 0 Å². The molecule has 0 aliphatic heterocycles. The Bertz CT molecular complexity index is 703. The number of ether oxygens (including phenoxy) is 1. The van der Waals surface area contributed by atoms with Crippen molar-refractivity contribution in [3.63, 3.8) is 0 Å². The molecule has 3 rings (SSSR count). The maximum Gasteiger partial charge on any atom is 0.180 e. The Morgan fingerprint density at radius 1 is 1.22 bits per heavy atom. The summed E-state index contributed by atoms with van der Waals surface area (Å²) in [6, 6.07) is 11.5. The van der Waals surface area contributed by atoms with E-state index in [1.165, 1.54) is 0 Å². The number of nitrogens with zero attached hydrogens (tertiary/aromatic N) is 2. The first-order valence-corrected chi connectivity index (χ1v) is 5.65. The second-order valence-corrected chi connectivity index (χ2v) is 4.06. The first kappa shape index (κ1) is 10.7. The van der Waals surface area contributed by atoms with Crippen LogP contribution in [0.25, 0.3) is 16.9 Å². The molecule has 0 aliphatic rings. The van der Waals surface area contributed by atoms with Crippen LogP contribution in [0.5, 0.6) is 5.75 Å². The Labute approximate surface area is 105 Å². The van der Waals surface area contributed by atoms with Crippen LogP contribution in [0.1, 0.15) is 0 Å². The molecule has 0 bridgehead atoms. The first-order chi connectivity index (χ1) is 8.78. The molecule has 0 spiro atoms. The lowest BCUT2D eigenvalue weighted by molar-refractivity contribution is 0.417. The Morgan fingerprint density at radius 3 is 2.89 bits per heavy atom. The van der Waals surface area contributed by atoms with E-state index < -0.39 is 0 Å². The smallest absolute Gasteiger partial charge is 0.180 e. The molecule has 2 heterocycles. The number of pyridine rings is 1. The summed E-state index contributed by atoms with van der Waals surface area (Å²) in [6.45, 7) is 0. The van der Waals surface area contributed by atoms with Crippen LogP contribution in [0.15, 0.2) is 48.8 Å². The molecule has 18 heavy (non-hydrogen) atoms. The highest BCUT2D eigenvalue weighted by molar-refractivity contribution is 5.68. The van der Waals surface area contributed by atoms with E-state index in [1.54, 1.807) is 7.11 Å². The number of anilines is 1. The van der Waals surface area contributed by atoms with Gasteiger partial charge in [0.15, 0.2) is 11.4 Å². The summed E-state index contributed by atoms with van der Waals surface area (Å²) in [5.41, 5.74) is 9.21. The Hall–Kier alpha value is -2.49. The highest BCUT2D eigenvalue weighted by Gasteiger charge is 2.08. The first-order valence-electron chi connectivity index (χ1n) is 5.65. The minimum atomic E-state index is 0.733. The molecular formula is C14H13N3O. The summed E-state index contributed by atoms with van der Waals surface area (Å²) in [5.74, 6) is 0.757. The maximum absolute atomic E-state index is 5.79. The van der Waals surface area contributed by atoms with Crippen LogP contribution in [-0.2, 0) is 0 Å². The fraction of sp³-hybridized carbons (Fsp3) is 0.0714. The number of fused-ring (bicyclic) bond motifs is 1. The van der Waals surface area contributed by atoms with Crippen molar-refractivity contribution in [1.29, 1.82) is 0 Å². The molecule has 2 N–H and O–H groups in total. The third-order valence-corrected chi connectivity index (χ3v) is 2.85. The molecular weight excluding hydrogens is 226 g/mol. The predicted octanol–water partition coefficient (Wildman–Crippen LogP) is 2.59. The van der Waals surface area contributed by atoms with E-state index in [0.29, 0.717) is 0 Å². The average molecular weight is 239 g/mol. The molecule has 2 aromatic heterocycles. The van der Waals surface area contributed by atoms with E-state index in [0.717, 1.165) is 28.3 Å². The Kier molecular flexibility index (Phi) is 2.41. The lowest BCUT2D eigenvalue weighted by atomic mass is 10.1. The van der Waals surface area contributed by atoms with E-state index >= 15 is 0 Å². The number of imidazole rings is 1. The molecule has 0 aliphatic carbocycles. The lowest BCUT2D eigenvalue weighted by Gasteiger charge is -1.99. The molecule has 4 nitrogen and oxygen atoms in total. The number of nitrogen functional groups attached to an aromatic ring is 1. The molecule has 0 amide bonds. The van der Waals surface area contributed by atoms with Gasteiger partial charge in [-0.15, -0.1) is 0 Å². The summed E-state index contributed by atoms with van der Waals surface area (Å²) >= 11 is 0. The van der Waals surface area contributed by atoms with E-state index in [-0.39, 0.29) is 0 Å². The number of aromatic nitrogens is 2. The number of hydrogen-bond acceptors (Lipinski definition) is 3. The van der Waals surface area contributed by atoms with Gasteiger partial charge >= 0.3 is 0 Å². The molecule has 4 heteroatoms. The van der Waals surface area contributed by atoms with Crippen molar-refractivity contribution in [1.82, 2.24) is 9.38 Å². The van der Waals surface area contributed by atoms with Crippen molar-refractivity contribution >= 4 is 11.3 Å². The summed E-state index contributed by atoms with van der Waals surface area (Å²) in [5, 5.41) is 0. The van der Waals surface area contributed by atoms with Crippen LogP contribution in [-0.4, -0.2) is 16.5 Å². The van der Waals surface area contributed by atoms with Crippen molar-refractivity contribution in [3.05, 3.63) is 48.8 Å². The number of hydrogen-bond donors (Lipinski definition) is 1. The van der Waals surface area contributed by atoms with E-state index in [2.05, 4.69) is 4.98 Å². The van der Waals surface area contributed by atoms with Gasteiger partial charge in [0.1, 0.15) is 0 Å². The topological polar surface area (TPSA) is 52.5 Å². The molecule has 0 atom stereocenters. The third-order valence-electron chi connectivity index (χ3n) is 2.85. The summed E-state index contributed by atoms with van der Waals surface area (Å²) < 4.78 is 7.23. The number of nitrogens with two attached hydrogens (primary N) is 1. The Morgan fingerprint density at radius 2 is 2.11 bits per heavy atom. The van der Waals surface area contributed by atoms with Crippen LogP contribution in [0.4, 0.5) is 5.69 Å². The van der Waals surface area contributed by atoms with Gasteiger partial charge in [-0.1, -0.05) is 12.1 Å². The molecule has 0 saturated carbocycles. The average Bonchev–Trinajstić information content (AvgIpc) is 2.82. The molecule has 90 valence electrons. The molecule has 1 aromatic carbocycles. The van der Waals surface area contributed by atoms with Crippen molar-refractivity contribution in [2.75, 3.05) is 12.8 Å². The zero-order valence-corrected chi connectivity index (χ0v) is 10.00. The number of rotatable bonds is 2. The summed E-state index contributed by atoms with van der Waals surface area (Å²) in [7, 11) is 1.64.